The van der Waals surface area contributed by atoms with E-state index in [0.29, 0.717) is 0 Å². The van der Waals surface area contributed by atoms with E-state index in [1.54, 1.807) is 0 Å². The number of nitrogens with zero attached hydrogens (tertiary/aromatic N) is 2. The van der Waals surface area contributed by atoms with Gasteiger partial charge in [0, 0.05) is 31.7 Å². The van der Waals surface area contributed by atoms with Crippen LogP contribution >= 0.6 is 0 Å². The van der Waals surface area contributed by atoms with Crippen LogP contribution < -0.4 is 5.73 Å². The van der Waals surface area contributed by atoms with Crippen LogP contribution in [0.25, 0.3) is 0 Å². The second kappa shape index (κ2) is 5.80. The summed E-state index contributed by atoms with van der Waals surface area (Å²) in [5.41, 5.74) is 5.48. The van der Waals surface area contributed by atoms with Gasteiger partial charge in [-0.25, -0.2) is 0 Å². The van der Waals surface area contributed by atoms with Crippen LogP contribution in [0.4, 0.5) is 0 Å². The molecule has 4 heteroatoms. The lowest BCUT2D eigenvalue weighted by molar-refractivity contribution is 0.143. The van der Waals surface area contributed by atoms with Gasteiger partial charge in [0.05, 0.1) is 6.61 Å². The Kier molecular flexibility index (Phi) is 4.99. The molecule has 15 heavy (non-hydrogen) atoms. The van der Waals surface area contributed by atoms with Crippen molar-refractivity contribution in [3.05, 3.63) is 0 Å². The van der Waals surface area contributed by atoms with Crippen LogP contribution in [0, 0.1) is 0 Å². The summed E-state index contributed by atoms with van der Waals surface area (Å²) in [4.78, 5) is 4.84. The van der Waals surface area contributed by atoms with E-state index in [1.807, 2.05) is 6.92 Å². The average molecular weight is 215 g/mol. The van der Waals surface area contributed by atoms with Crippen molar-refractivity contribution in [2.45, 2.75) is 25.3 Å². The summed E-state index contributed by atoms with van der Waals surface area (Å²) in [5.74, 6) is 0. The Morgan fingerprint density at radius 1 is 1.27 bits per heavy atom. The Hall–Kier alpha value is -0.160. The molecule has 0 aromatic heterocycles. The Morgan fingerprint density at radius 2 is 1.87 bits per heavy atom. The fraction of sp³-hybridized carbons (Fsp3) is 1.00. The second-order valence-corrected chi connectivity index (χ2v) is 5.06. The third kappa shape index (κ3) is 4.93. The lowest BCUT2D eigenvalue weighted by Gasteiger charge is -2.33. The minimum Gasteiger partial charge on any atom is -0.394 e. The lowest BCUT2D eigenvalue weighted by atomic mass is 9.98. The van der Waals surface area contributed by atoms with Crippen molar-refractivity contribution in [2.24, 2.45) is 5.73 Å². The first-order valence-corrected chi connectivity index (χ1v) is 5.84. The highest BCUT2D eigenvalue weighted by molar-refractivity contribution is 4.78. The van der Waals surface area contributed by atoms with Crippen molar-refractivity contribution < 1.29 is 5.11 Å². The van der Waals surface area contributed by atoms with Gasteiger partial charge in [-0.1, -0.05) is 0 Å². The quantitative estimate of drug-likeness (QED) is 0.662. The number of aliphatic hydroxyl groups is 1. The number of piperazine rings is 1. The minimum atomic E-state index is -0.396. The zero-order valence-corrected chi connectivity index (χ0v) is 10.1. The normalized spacial score (nSPS) is 24.0. The molecule has 1 rings (SSSR count). The molecule has 0 bridgehead atoms. The summed E-state index contributed by atoms with van der Waals surface area (Å²) in [6.45, 7) is 7.76. The van der Waals surface area contributed by atoms with E-state index in [4.69, 9.17) is 10.8 Å². The van der Waals surface area contributed by atoms with Gasteiger partial charge in [-0.3, -0.25) is 0 Å². The van der Waals surface area contributed by atoms with Crippen molar-refractivity contribution in [3.63, 3.8) is 0 Å². The van der Waals surface area contributed by atoms with Crippen LogP contribution in [0.2, 0.25) is 0 Å². The summed E-state index contributed by atoms with van der Waals surface area (Å²) in [7, 11) is 2.17. The van der Waals surface area contributed by atoms with Crippen molar-refractivity contribution in [1.82, 2.24) is 9.80 Å². The fourth-order valence-electron chi connectivity index (χ4n) is 1.86. The fourth-order valence-corrected chi connectivity index (χ4v) is 1.86. The summed E-state index contributed by atoms with van der Waals surface area (Å²) >= 11 is 0. The smallest absolute Gasteiger partial charge is 0.0608 e. The maximum Gasteiger partial charge on any atom is 0.0608 e. The molecule has 1 fully saturated rings. The molecule has 0 radical (unpaired) electrons. The van der Waals surface area contributed by atoms with Gasteiger partial charge in [-0.05, 0) is 33.4 Å². The number of likely N-dealkylation sites (N-methyl/N-ethyl adjacent to an activating group) is 1. The van der Waals surface area contributed by atoms with Gasteiger partial charge < -0.3 is 20.6 Å². The molecule has 0 aromatic rings. The van der Waals surface area contributed by atoms with Gasteiger partial charge in [-0.2, -0.15) is 0 Å². The molecule has 1 saturated heterocycles. The van der Waals surface area contributed by atoms with Crippen molar-refractivity contribution >= 4 is 0 Å². The van der Waals surface area contributed by atoms with Crippen LogP contribution in [-0.2, 0) is 0 Å². The van der Waals surface area contributed by atoms with Crippen LogP contribution in [0.15, 0.2) is 0 Å². The zero-order chi connectivity index (χ0) is 11.3. The first-order valence-electron chi connectivity index (χ1n) is 5.84. The van der Waals surface area contributed by atoms with Gasteiger partial charge in [0.2, 0.25) is 0 Å². The SMILES string of the molecule is CN1CCN(CCCC(C)(N)CO)CC1. The van der Waals surface area contributed by atoms with E-state index in [0.717, 1.165) is 32.5 Å². The molecular formula is C11H25N3O. The molecule has 1 aliphatic heterocycles. The molecule has 1 heterocycles. The molecule has 4 nitrogen and oxygen atoms in total. The summed E-state index contributed by atoms with van der Waals surface area (Å²) in [5, 5.41) is 9.02. The predicted octanol–water partition coefficient (Wildman–Crippen LogP) is -0.276. The van der Waals surface area contributed by atoms with Crippen molar-refractivity contribution in [2.75, 3.05) is 46.4 Å². The zero-order valence-electron chi connectivity index (χ0n) is 10.1. The Bertz CT molecular complexity index is 177. The van der Waals surface area contributed by atoms with Crippen LogP contribution in [0.3, 0.4) is 0 Å². The highest BCUT2D eigenvalue weighted by Crippen LogP contribution is 2.09. The largest absolute Gasteiger partial charge is 0.394 e. The van der Waals surface area contributed by atoms with Crippen LogP contribution in [0.5, 0.6) is 0 Å². The molecule has 0 amide bonds. The second-order valence-electron chi connectivity index (χ2n) is 5.06. The van der Waals surface area contributed by atoms with E-state index >= 15 is 0 Å². The van der Waals surface area contributed by atoms with E-state index in [1.165, 1.54) is 13.1 Å². The van der Waals surface area contributed by atoms with E-state index < -0.39 is 5.54 Å². The number of rotatable bonds is 5. The number of aliphatic hydroxyl groups excluding tert-OH is 1. The molecular weight excluding hydrogens is 190 g/mol. The lowest BCUT2D eigenvalue weighted by Crippen LogP contribution is -2.45. The monoisotopic (exact) mass is 215 g/mol. The van der Waals surface area contributed by atoms with Gasteiger partial charge in [-0.15, -0.1) is 0 Å². The average Bonchev–Trinajstić information content (AvgIpc) is 2.21. The van der Waals surface area contributed by atoms with Crippen LogP contribution in [0.1, 0.15) is 19.8 Å². The predicted molar refractivity (Wildman–Crippen MR) is 62.8 cm³/mol. The topological polar surface area (TPSA) is 52.7 Å². The Balaban J connectivity index is 2.10. The maximum absolute atomic E-state index is 9.02. The number of hydrogen-bond acceptors (Lipinski definition) is 4. The molecule has 0 aromatic carbocycles. The first-order chi connectivity index (χ1) is 7.03. The maximum atomic E-state index is 9.02. The van der Waals surface area contributed by atoms with E-state index in [-0.39, 0.29) is 6.61 Å². The Labute approximate surface area is 93.0 Å². The highest BCUT2D eigenvalue weighted by Gasteiger charge is 2.18. The van der Waals surface area contributed by atoms with E-state index in [9.17, 15) is 0 Å². The summed E-state index contributed by atoms with van der Waals surface area (Å²) < 4.78 is 0. The van der Waals surface area contributed by atoms with Gasteiger partial charge >= 0.3 is 0 Å². The van der Waals surface area contributed by atoms with Crippen LogP contribution in [-0.4, -0.2) is 66.8 Å². The van der Waals surface area contributed by atoms with E-state index in [2.05, 4.69) is 16.8 Å². The van der Waals surface area contributed by atoms with Gasteiger partial charge in [0.1, 0.15) is 0 Å². The number of hydrogen-bond donors (Lipinski definition) is 2. The summed E-state index contributed by atoms with van der Waals surface area (Å²) in [6.07, 6.45) is 1.98. The third-order valence-corrected chi connectivity index (χ3v) is 3.18. The number of nitrogens with two attached hydrogens (primary N) is 1. The van der Waals surface area contributed by atoms with Crippen molar-refractivity contribution in [1.29, 1.82) is 0 Å². The third-order valence-electron chi connectivity index (χ3n) is 3.18. The molecule has 1 aliphatic rings. The Morgan fingerprint density at radius 3 is 2.40 bits per heavy atom. The van der Waals surface area contributed by atoms with Crippen molar-refractivity contribution in [3.8, 4) is 0 Å². The molecule has 1 unspecified atom stereocenters. The standard InChI is InChI=1S/C11H25N3O/c1-11(12,10-15)4-3-5-14-8-6-13(2)7-9-14/h15H,3-10,12H2,1-2H3. The first kappa shape index (κ1) is 12.9. The molecule has 3 N–H and O–H groups in total. The molecule has 1 atom stereocenters. The molecule has 0 aliphatic carbocycles. The molecule has 0 spiro atoms. The van der Waals surface area contributed by atoms with Gasteiger partial charge in [0.15, 0.2) is 0 Å². The minimum absolute atomic E-state index is 0.0791. The molecule has 0 saturated carbocycles. The highest BCUT2D eigenvalue weighted by atomic mass is 16.3. The molecule has 90 valence electrons. The summed E-state index contributed by atoms with van der Waals surface area (Å²) in [6, 6.07) is 0. The van der Waals surface area contributed by atoms with Gasteiger partial charge in [0.25, 0.3) is 0 Å².